The van der Waals surface area contributed by atoms with Crippen LogP contribution in [-0.4, -0.2) is 47.5 Å². The van der Waals surface area contributed by atoms with Crippen LogP contribution < -0.4 is 10.6 Å². The lowest BCUT2D eigenvalue weighted by molar-refractivity contribution is 0.155. The molecular weight excluding hydrogens is 576 g/mol. The van der Waals surface area contributed by atoms with Gasteiger partial charge < -0.3 is 20.4 Å². The molecule has 5 nitrogen and oxygen atoms in total. The van der Waals surface area contributed by atoms with Gasteiger partial charge in [-0.05, 0) is 105 Å². The summed E-state index contributed by atoms with van der Waals surface area (Å²) in [7, 11) is 0. The van der Waals surface area contributed by atoms with Gasteiger partial charge in [-0.15, -0.1) is 0 Å². The van der Waals surface area contributed by atoms with Crippen molar-refractivity contribution < 1.29 is 4.79 Å². The van der Waals surface area contributed by atoms with E-state index in [1.807, 2.05) is 40.7 Å². The predicted molar refractivity (Wildman–Crippen MR) is 194 cm³/mol. The molecule has 1 aromatic rings. The molecule has 0 aromatic heterocycles. The van der Waals surface area contributed by atoms with E-state index in [9.17, 15) is 4.79 Å². The Morgan fingerprint density at radius 3 is 2.42 bits per heavy atom. The summed E-state index contributed by atoms with van der Waals surface area (Å²) in [6, 6.07) is 7.07. The van der Waals surface area contributed by atoms with E-state index in [0.29, 0.717) is 17.9 Å². The highest BCUT2D eigenvalue weighted by molar-refractivity contribution is 6.30. The molecule has 45 heavy (non-hydrogen) atoms. The third kappa shape index (κ3) is 9.78. The molecule has 0 bridgehead atoms. The smallest absolute Gasteiger partial charge is 0.317 e. The van der Waals surface area contributed by atoms with Crippen LogP contribution in [0.5, 0.6) is 0 Å². The molecule has 1 aromatic carbocycles. The summed E-state index contributed by atoms with van der Waals surface area (Å²) in [6.07, 6.45) is 23.3. The van der Waals surface area contributed by atoms with E-state index in [1.54, 1.807) is 0 Å². The highest BCUT2D eigenvalue weighted by Crippen LogP contribution is 2.45. The molecule has 1 saturated heterocycles. The van der Waals surface area contributed by atoms with Gasteiger partial charge in [-0.1, -0.05) is 95.9 Å². The Morgan fingerprint density at radius 1 is 1.09 bits per heavy atom. The highest BCUT2D eigenvalue weighted by Gasteiger charge is 2.39. The van der Waals surface area contributed by atoms with E-state index < -0.39 is 0 Å². The van der Waals surface area contributed by atoms with Crippen molar-refractivity contribution in [2.45, 2.75) is 117 Å². The second-order valence-electron chi connectivity index (χ2n) is 12.2. The van der Waals surface area contributed by atoms with E-state index in [4.69, 9.17) is 11.6 Å². The normalized spacial score (nSPS) is 21.6. The van der Waals surface area contributed by atoms with Gasteiger partial charge in [0.05, 0.1) is 6.04 Å². The maximum atomic E-state index is 13.2. The number of dihydropyridines is 1. The molecule has 2 heterocycles. The number of amides is 2. The first kappa shape index (κ1) is 36.5. The van der Waals surface area contributed by atoms with Crippen LogP contribution >= 0.6 is 11.6 Å². The van der Waals surface area contributed by atoms with Crippen LogP contribution in [0.3, 0.4) is 0 Å². The number of rotatable bonds is 7. The van der Waals surface area contributed by atoms with Crippen LogP contribution in [-0.2, 0) is 0 Å². The third-order valence-electron chi connectivity index (χ3n) is 9.41. The van der Waals surface area contributed by atoms with Gasteiger partial charge >= 0.3 is 6.03 Å². The lowest BCUT2D eigenvalue weighted by atomic mass is 9.72. The lowest BCUT2D eigenvalue weighted by Crippen LogP contribution is -2.49. The van der Waals surface area contributed by atoms with Crippen LogP contribution in [0.15, 0.2) is 72.2 Å². The summed E-state index contributed by atoms with van der Waals surface area (Å²) in [5.74, 6) is 0.763. The molecule has 1 saturated carbocycles. The number of likely N-dealkylation sites (tertiary alicyclic amines) is 1. The molecule has 0 radical (unpaired) electrons. The summed E-state index contributed by atoms with van der Waals surface area (Å²) in [4.78, 5) is 17.5. The minimum atomic E-state index is 0.134. The number of piperidine rings is 1. The summed E-state index contributed by atoms with van der Waals surface area (Å²) < 4.78 is 0. The molecule has 6 heteroatoms. The number of hydrogen-bond acceptors (Lipinski definition) is 3. The number of carbonyl (C=O) groups excluding carboxylic acids is 1. The topological polar surface area (TPSA) is 47.6 Å². The van der Waals surface area contributed by atoms with Gasteiger partial charge in [0.15, 0.2) is 0 Å². The summed E-state index contributed by atoms with van der Waals surface area (Å²) in [5.41, 5.74) is 6.32. The molecule has 2 unspecified atom stereocenters. The number of halogens is 1. The molecule has 2 N–H and O–H groups in total. The zero-order valence-corrected chi connectivity index (χ0v) is 29.6. The maximum absolute atomic E-state index is 13.2. The van der Waals surface area contributed by atoms with Crippen LogP contribution in [0.1, 0.15) is 116 Å². The number of urea groups is 1. The fraction of sp³-hybridized carbons (Fsp3) is 0.564. The molecule has 2 amide bonds. The van der Waals surface area contributed by atoms with Crippen LogP contribution in [0.25, 0.3) is 6.08 Å². The predicted octanol–water partition coefficient (Wildman–Crippen LogP) is 10.2. The highest BCUT2D eigenvalue weighted by atomic mass is 35.5. The van der Waals surface area contributed by atoms with Gasteiger partial charge in [0, 0.05) is 42.3 Å². The summed E-state index contributed by atoms with van der Waals surface area (Å²) in [5, 5.41) is 7.90. The van der Waals surface area contributed by atoms with Crippen LogP contribution in [0.4, 0.5) is 4.79 Å². The van der Waals surface area contributed by atoms with Gasteiger partial charge in [-0.25, -0.2) is 4.79 Å². The summed E-state index contributed by atoms with van der Waals surface area (Å²) in [6.45, 7) is 18.8. The average Bonchev–Trinajstić information content (AvgIpc) is 3.40. The minimum Gasteiger partial charge on any atom is -0.383 e. The van der Waals surface area contributed by atoms with E-state index in [0.717, 1.165) is 62.5 Å². The average molecular weight is 635 g/mol. The molecule has 2 aliphatic carbocycles. The monoisotopic (exact) mass is 634 g/mol. The first-order chi connectivity index (χ1) is 21.9. The van der Waals surface area contributed by atoms with Crippen LogP contribution in [0.2, 0.25) is 5.02 Å². The molecular formula is C39H59ClN4O. The number of hydrogen-bond donors (Lipinski definition) is 2. The van der Waals surface area contributed by atoms with Crippen molar-refractivity contribution in [3.8, 4) is 0 Å². The number of allylic oxidation sites excluding steroid dienone is 4. The Hall–Kier alpha value is -2.92. The van der Waals surface area contributed by atoms with Crippen molar-refractivity contribution in [3.05, 3.63) is 88.4 Å². The zero-order chi connectivity index (χ0) is 32.8. The van der Waals surface area contributed by atoms with Crippen molar-refractivity contribution in [1.29, 1.82) is 0 Å². The van der Waals surface area contributed by atoms with Gasteiger partial charge in [0.2, 0.25) is 0 Å². The molecule has 2 aliphatic heterocycles. The Kier molecular flexibility index (Phi) is 15.4. The molecule has 248 valence electrons. The summed E-state index contributed by atoms with van der Waals surface area (Å²) >= 11 is 6.57. The molecule has 4 aliphatic rings. The number of nitrogens with zero attached hydrogens (tertiary/aromatic N) is 2. The second kappa shape index (κ2) is 18.9. The van der Waals surface area contributed by atoms with Gasteiger partial charge in [-0.2, -0.15) is 0 Å². The fourth-order valence-corrected chi connectivity index (χ4v) is 7.42. The lowest BCUT2D eigenvalue weighted by Gasteiger charge is -2.41. The van der Waals surface area contributed by atoms with Gasteiger partial charge in [-0.3, -0.25) is 0 Å². The van der Waals surface area contributed by atoms with E-state index >= 15 is 0 Å². The molecule has 0 spiro atoms. The largest absolute Gasteiger partial charge is 0.383 e. The fourth-order valence-electron chi connectivity index (χ4n) is 7.24. The Morgan fingerprint density at radius 2 is 1.78 bits per heavy atom. The second-order valence-corrected chi connectivity index (χ2v) is 12.7. The van der Waals surface area contributed by atoms with E-state index in [1.165, 1.54) is 48.0 Å². The van der Waals surface area contributed by atoms with Gasteiger partial charge in [0.25, 0.3) is 0 Å². The first-order valence-corrected chi connectivity index (χ1v) is 18.1. The number of benzene rings is 1. The number of fused-ring (bicyclic) bond motifs is 2. The van der Waals surface area contributed by atoms with E-state index in [2.05, 4.69) is 82.8 Å². The van der Waals surface area contributed by atoms with Gasteiger partial charge in [0.1, 0.15) is 0 Å². The SMILES string of the molecule is C=C(C)N(/C=C\C)CCC1=Cc2cc(Cl)ccc2C(C2CCN(C(=O)NC3CCCCCC3)CC2)C2NC=CC=C12.CC.CC. The zero-order valence-electron chi connectivity index (χ0n) is 28.9. The van der Waals surface area contributed by atoms with Crippen LogP contribution in [0, 0.1) is 5.92 Å². The first-order valence-electron chi connectivity index (χ1n) is 17.7. The van der Waals surface area contributed by atoms with Crippen molar-refractivity contribution in [2.75, 3.05) is 19.6 Å². The maximum Gasteiger partial charge on any atom is 0.317 e. The van der Waals surface area contributed by atoms with Crippen molar-refractivity contribution in [1.82, 2.24) is 20.4 Å². The molecule has 2 atom stereocenters. The number of carbonyl (C=O) groups is 1. The van der Waals surface area contributed by atoms with Crippen molar-refractivity contribution >= 4 is 23.7 Å². The molecule has 2 fully saturated rings. The molecule has 5 rings (SSSR count). The Bertz CT molecular complexity index is 1220. The quantitative estimate of drug-likeness (QED) is 0.293. The van der Waals surface area contributed by atoms with Crippen molar-refractivity contribution in [2.24, 2.45) is 5.92 Å². The van der Waals surface area contributed by atoms with Crippen molar-refractivity contribution in [3.63, 3.8) is 0 Å². The minimum absolute atomic E-state index is 0.134. The Balaban J connectivity index is 0.00000133. The number of nitrogens with one attached hydrogen (secondary N) is 2. The Labute approximate surface area is 279 Å². The van der Waals surface area contributed by atoms with E-state index in [-0.39, 0.29) is 12.1 Å². The standard InChI is InChI=1S/C35H47ClN4O.2C2H6/c1-4-19-39(25(2)3)20-17-27-23-28-24-29(36)13-14-31(28)33(34-32(27)12-9-18-37-34)26-15-21-40(22-16-26)35(41)38-30-10-7-5-6-8-11-30;2*1-2/h4,9,12-14,18-19,23-24,26,30,33-34,37H,2,5-8,10-11,15-17,20-22H2,1,3H3,(H,38,41);2*1-2H3/b19-4-;;. The third-order valence-corrected chi connectivity index (χ3v) is 9.64.